The summed E-state index contributed by atoms with van der Waals surface area (Å²) < 4.78 is 11.3. The van der Waals surface area contributed by atoms with Gasteiger partial charge in [0.1, 0.15) is 12.7 Å². The van der Waals surface area contributed by atoms with E-state index in [0.717, 1.165) is 17.5 Å². The number of alkyl carbamates (subject to hydrolysis) is 1. The number of ether oxygens (including phenoxy) is 2. The summed E-state index contributed by atoms with van der Waals surface area (Å²) in [6, 6.07) is 16.1. The van der Waals surface area contributed by atoms with E-state index in [9.17, 15) is 14.4 Å². The van der Waals surface area contributed by atoms with Crippen LogP contribution in [0.25, 0.3) is 11.1 Å². The molecular formula is C27H30N2O6. The Morgan fingerprint density at radius 1 is 1.03 bits per heavy atom. The molecule has 35 heavy (non-hydrogen) atoms. The van der Waals surface area contributed by atoms with Crippen LogP contribution in [0.2, 0.25) is 0 Å². The quantitative estimate of drug-likeness (QED) is 0.632. The molecule has 3 atom stereocenters. The van der Waals surface area contributed by atoms with Crippen molar-refractivity contribution in [1.29, 1.82) is 0 Å². The lowest BCUT2D eigenvalue weighted by Gasteiger charge is -2.28. The van der Waals surface area contributed by atoms with Gasteiger partial charge in [-0.05, 0) is 41.5 Å². The Morgan fingerprint density at radius 3 is 2.40 bits per heavy atom. The molecule has 0 spiro atoms. The predicted molar refractivity (Wildman–Crippen MR) is 128 cm³/mol. The number of nitrogens with one attached hydrogen (secondary N) is 1. The maximum Gasteiger partial charge on any atom is 0.407 e. The Balaban J connectivity index is 1.16. The second-order valence-corrected chi connectivity index (χ2v) is 9.47. The van der Waals surface area contributed by atoms with Crippen LogP contribution < -0.4 is 5.32 Å². The van der Waals surface area contributed by atoms with Gasteiger partial charge in [0.15, 0.2) is 0 Å². The molecule has 2 N–H and O–H groups in total. The molecule has 0 saturated carbocycles. The van der Waals surface area contributed by atoms with E-state index in [0.29, 0.717) is 26.0 Å². The van der Waals surface area contributed by atoms with Crippen molar-refractivity contribution in [2.24, 2.45) is 5.92 Å². The Labute approximate surface area is 204 Å². The number of amides is 2. The molecule has 2 fully saturated rings. The zero-order chi connectivity index (χ0) is 24.4. The SMILES string of the molecule is O=C(O)C[C@H]1CCCN1C(=O)C1OCCC1CNC(=O)OCC1c2ccccc2-c2ccccc21. The summed E-state index contributed by atoms with van der Waals surface area (Å²) in [6.45, 7) is 1.48. The van der Waals surface area contributed by atoms with Gasteiger partial charge in [0, 0.05) is 37.6 Å². The maximum absolute atomic E-state index is 13.1. The number of fused-ring (bicyclic) bond motifs is 3. The average Bonchev–Trinajstić information content (AvgIpc) is 3.58. The first kappa shape index (κ1) is 23.4. The molecule has 5 rings (SSSR count). The highest BCUT2D eigenvalue weighted by Crippen LogP contribution is 2.44. The molecule has 2 amide bonds. The number of benzene rings is 2. The molecule has 0 radical (unpaired) electrons. The summed E-state index contributed by atoms with van der Waals surface area (Å²) in [5.41, 5.74) is 4.64. The van der Waals surface area contributed by atoms with Gasteiger partial charge in [-0.3, -0.25) is 9.59 Å². The number of hydrogen-bond donors (Lipinski definition) is 2. The average molecular weight is 479 g/mol. The number of nitrogens with zero attached hydrogens (tertiary/aromatic N) is 1. The van der Waals surface area contributed by atoms with E-state index >= 15 is 0 Å². The predicted octanol–water partition coefficient (Wildman–Crippen LogP) is 3.40. The molecule has 2 heterocycles. The first-order valence-corrected chi connectivity index (χ1v) is 12.3. The first-order valence-electron chi connectivity index (χ1n) is 12.3. The zero-order valence-corrected chi connectivity index (χ0v) is 19.5. The number of carbonyl (C=O) groups is 3. The normalized spacial score (nSPS) is 23.1. The molecule has 0 bridgehead atoms. The molecule has 2 aliphatic heterocycles. The summed E-state index contributed by atoms with van der Waals surface area (Å²) >= 11 is 0. The van der Waals surface area contributed by atoms with Gasteiger partial charge in [-0.15, -0.1) is 0 Å². The van der Waals surface area contributed by atoms with Gasteiger partial charge in [0.05, 0.1) is 6.42 Å². The van der Waals surface area contributed by atoms with Crippen LogP contribution >= 0.6 is 0 Å². The monoisotopic (exact) mass is 478 g/mol. The van der Waals surface area contributed by atoms with E-state index in [-0.39, 0.29) is 43.4 Å². The van der Waals surface area contributed by atoms with E-state index < -0.39 is 18.2 Å². The number of likely N-dealkylation sites (tertiary alicyclic amines) is 1. The number of rotatable bonds is 7. The van der Waals surface area contributed by atoms with Crippen molar-refractivity contribution in [2.45, 2.75) is 43.7 Å². The minimum absolute atomic E-state index is 0.0152. The van der Waals surface area contributed by atoms with Crippen molar-refractivity contribution < 1.29 is 29.0 Å². The van der Waals surface area contributed by atoms with E-state index in [1.807, 2.05) is 24.3 Å². The number of carbonyl (C=O) groups excluding carboxylic acids is 2. The van der Waals surface area contributed by atoms with Crippen molar-refractivity contribution in [2.75, 3.05) is 26.3 Å². The van der Waals surface area contributed by atoms with Crippen LogP contribution in [-0.4, -0.2) is 66.4 Å². The lowest BCUT2D eigenvalue weighted by atomic mass is 9.98. The van der Waals surface area contributed by atoms with Gasteiger partial charge in [-0.2, -0.15) is 0 Å². The van der Waals surface area contributed by atoms with Crippen molar-refractivity contribution in [3.63, 3.8) is 0 Å². The van der Waals surface area contributed by atoms with Crippen molar-refractivity contribution >= 4 is 18.0 Å². The van der Waals surface area contributed by atoms with Gasteiger partial charge in [-0.25, -0.2) is 4.79 Å². The van der Waals surface area contributed by atoms with Gasteiger partial charge < -0.3 is 24.8 Å². The third-order valence-corrected chi connectivity index (χ3v) is 7.38. The first-order chi connectivity index (χ1) is 17.0. The largest absolute Gasteiger partial charge is 0.481 e. The molecule has 2 unspecified atom stereocenters. The Bertz CT molecular complexity index is 1070. The van der Waals surface area contributed by atoms with Crippen LogP contribution in [0.3, 0.4) is 0 Å². The molecule has 3 aliphatic rings. The molecule has 8 heteroatoms. The second kappa shape index (κ2) is 10.1. The van der Waals surface area contributed by atoms with Crippen LogP contribution in [0, 0.1) is 5.92 Å². The van der Waals surface area contributed by atoms with Crippen LogP contribution in [-0.2, 0) is 19.1 Å². The molecule has 0 aromatic heterocycles. The lowest BCUT2D eigenvalue weighted by Crippen LogP contribution is -2.46. The fourth-order valence-corrected chi connectivity index (χ4v) is 5.68. The fourth-order valence-electron chi connectivity index (χ4n) is 5.68. The van der Waals surface area contributed by atoms with Crippen LogP contribution in [0.1, 0.15) is 42.7 Å². The third kappa shape index (κ3) is 4.75. The van der Waals surface area contributed by atoms with Gasteiger partial charge in [0.2, 0.25) is 0 Å². The highest BCUT2D eigenvalue weighted by molar-refractivity contribution is 5.83. The fraction of sp³-hybridized carbons (Fsp3) is 0.444. The zero-order valence-electron chi connectivity index (χ0n) is 19.5. The van der Waals surface area contributed by atoms with Crippen LogP contribution in [0.5, 0.6) is 0 Å². The van der Waals surface area contributed by atoms with E-state index in [2.05, 4.69) is 29.6 Å². The van der Waals surface area contributed by atoms with Gasteiger partial charge in [0.25, 0.3) is 5.91 Å². The van der Waals surface area contributed by atoms with E-state index in [1.54, 1.807) is 4.90 Å². The topological polar surface area (TPSA) is 105 Å². The van der Waals surface area contributed by atoms with E-state index in [4.69, 9.17) is 14.6 Å². The standard InChI is InChI=1S/C27H30N2O6/c30-24(31)14-18-6-5-12-29(18)26(32)25-17(11-13-34-25)15-28-27(33)35-16-23-21-9-3-1-7-19(21)20-8-2-4-10-22(20)23/h1-4,7-10,17-18,23,25H,5-6,11-16H2,(H,28,33)(H,30,31)/t17?,18-,25?/m1/s1. The van der Waals surface area contributed by atoms with Gasteiger partial charge >= 0.3 is 12.1 Å². The maximum atomic E-state index is 13.1. The molecule has 184 valence electrons. The third-order valence-electron chi connectivity index (χ3n) is 7.38. The van der Waals surface area contributed by atoms with Crippen molar-refractivity contribution in [1.82, 2.24) is 10.2 Å². The summed E-state index contributed by atoms with van der Waals surface area (Å²) in [6.07, 6.45) is 0.888. The molecule has 2 aromatic carbocycles. The van der Waals surface area contributed by atoms with E-state index in [1.165, 1.54) is 11.1 Å². The summed E-state index contributed by atoms with van der Waals surface area (Å²) in [4.78, 5) is 38.4. The minimum Gasteiger partial charge on any atom is -0.481 e. The van der Waals surface area contributed by atoms with Crippen molar-refractivity contribution in [3.05, 3.63) is 59.7 Å². The highest BCUT2D eigenvalue weighted by atomic mass is 16.5. The molecule has 2 aromatic rings. The van der Waals surface area contributed by atoms with Crippen molar-refractivity contribution in [3.8, 4) is 11.1 Å². The Kier molecular flexibility index (Phi) is 6.72. The smallest absolute Gasteiger partial charge is 0.407 e. The number of carboxylic acids is 1. The number of hydrogen-bond acceptors (Lipinski definition) is 5. The molecule has 2 saturated heterocycles. The van der Waals surface area contributed by atoms with Gasteiger partial charge in [-0.1, -0.05) is 48.5 Å². The molecule has 1 aliphatic carbocycles. The summed E-state index contributed by atoms with van der Waals surface area (Å²) in [5.74, 6) is -1.27. The second-order valence-electron chi connectivity index (χ2n) is 9.47. The number of aliphatic carboxylic acids is 1. The van der Waals surface area contributed by atoms with Crippen LogP contribution in [0.4, 0.5) is 4.79 Å². The minimum atomic E-state index is -0.907. The Morgan fingerprint density at radius 2 is 1.71 bits per heavy atom. The molecule has 8 nitrogen and oxygen atoms in total. The molecular weight excluding hydrogens is 448 g/mol. The summed E-state index contributed by atoms with van der Waals surface area (Å²) in [5, 5.41) is 12.0. The van der Waals surface area contributed by atoms with Crippen LogP contribution in [0.15, 0.2) is 48.5 Å². The Hall–Kier alpha value is -3.39. The highest BCUT2D eigenvalue weighted by Gasteiger charge is 2.41. The summed E-state index contributed by atoms with van der Waals surface area (Å²) in [7, 11) is 0. The number of carboxylic acid groups (broad SMARTS) is 1. The lowest BCUT2D eigenvalue weighted by molar-refractivity contribution is -0.145.